The van der Waals surface area contributed by atoms with Crippen molar-refractivity contribution in [2.24, 2.45) is 0 Å². The molecule has 0 bridgehead atoms. The van der Waals surface area contributed by atoms with Gasteiger partial charge in [-0.3, -0.25) is 9.78 Å². The number of hydrogen-bond donors (Lipinski definition) is 1. The highest BCUT2D eigenvalue weighted by molar-refractivity contribution is 5.95. The van der Waals surface area contributed by atoms with Gasteiger partial charge in [-0.1, -0.05) is 0 Å². The van der Waals surface area contributed by atoms with Crippen LogP contribution in [0.25, 0.3) is 0 Å². The summed E-state index contributed by atoms with van der Waals surface area (Å²) >= 11 is 0. The molecule has 1 N–H and O–H groups in total. The van der Waals surface area contributed by atoms with E-state index in [-0.39, 0.29) is 5.91 Å². The third-order valence-corrected chi connectivity index (χ3v) is 5.28. The Hall–Kier alpha value is -2.64. The van der Waals surface area contributed by atoms with Crippen LogP contribution in [0.3, 0.4) is 0 Å². The van der Waals surface area contributed by atoms with Crippen LogP contribution < -0.4 is 10.2 Å². The van der Waals surface area contributed by atoms with Crippen LogP contribution in [0.15, 0.2) is 42.7 Å². The van der Waals surface area contributed by atoms with E-state index in [4.69, 9.17) is 9.47 Å². The molecule has 3 heterocycles. The lowest BCUT2D eigenvalue weighted by Crippen LogP contribution is -2.47. The topological polar surface area (TPSA) is 66.9 Å². The van der Waals surface area contributed by atoms with Gasteiger partial charge in [-0.2, -0.15) is 0 Å². The second-order valence-electron chi connectivity index (χ2n) is 7.43. The fraction of sp³-hybridized carbons (Fsp3) is 0.429. The Bertz CT molecular complexity index is 822. The van der Waals surface area contributed by atoms with Gasteiger partial charge in [0.05, 0.1) is 30.7 Å². The zero-order chi connectivity index (χ0) is 19.6. The Kier molecular flexibility index (Phi) is 5.19. The standard InChI is InChI=1S/C21H26N4O3/c1-24(2)19-5-3-17(4-6-19)23-18-13-16(14-22-15-18)20(26)25-9-7-21(8-10-25)27-11-12-28-21/h3-6,13-15,23H,7-12H2,1-2H3. The monoisotopic (exact) mass is 382 g/mol. The van der Waals surface area contributed by atoms with Crippen molar-refractivity contribution in [2.45, 2.75) is 18.6 Å². The summed E-state index contributed by atoms with van der Waals surface area (Å²) in [5.41, 5.74) is 3.46. The Morgan fingerprint density at radius 1 is 1.07 bits per heavy atom. The summed E-state index contributed by atoms with van der Waals surface area (Å²) in [5.74, 6) is -0.482. The Morgan fingerprint density at radius 3 is 2.39 bits per heavy atom. The first-order valence-electron chi connectivity index (χ1n) is 9.61. The number of nitrogens with one attached hydrogen (secondary N) is 1. The van der Waals surface area contributed by atoms with E-state index < -0.39 is 5.79 Å². The number of piperidine rings is 1. The van der Waals surface area contributed by atoms with E-state index in [2.05, 4.69) is 15.2 Å². The number of likely N-dealkylation sites (tertiary alicyclic amines) is 1. The maximum absolute atomic E-state index is 12.9. The molecule has 4 rings (SSSR count). The SMILES string of the molecule is CN(C)c1ccc(Nc2cncc(C(=O)N3CCC4(CC3)OCCO4)c2)cc1. The van der Waals surface area contributed by atoms with Gasteiger partial charge in [-0.25, -0.2) is 0 Å². The molecule has 0 aliphatic carbocycles. The van der Waals surface area contributed by atoms with Gasteiger partial charge in [0, 0.05) is 57.6 Å². The van der Waals surface area contributed by atoms with Crippen LogP contribution in [-0.4, -0.2) is 62.0 Å². The number of amides is 1. The van der Waals surface area contributed by atoms with E-state index >= 15 is 0 Å². The molecule has 1 amide bonds. The van der Waals surface area contributed by atoms with E-state index in [1.54, 1.807) is 12.4 Å². The number of pyridine rings is 1. The van der Waals surface area contributed by atoms with Crippen LogP contribution in [0.2, 0.25) is 0 Å². The van der Waals surface area contributed by atoms with Crippen LogP contribution in [0, 0.1) is 0 Å². The number of carbonyl (C=O) groups excluding carboxylic acids is 1. The molecular weight excluding hydrogens is 356 g/mol. The number of carbonyl (C=O) groups is 1. The van der Waals surface area contributed by atoms with Gasteiger partial charge >= 0.3 is 0 Å². The molecule has 2 fully saturated rings. The Morgan fingerprint density at radius 2 is 1.75 bits per heavy atom. The second-order valence-corrected chi connectivity index (χ2v) is 7.43. The van der Waals surface area contributed by atoms with Crippen LogP contribution in [0.1, 0.15) is 23.2 Å². The Labute approximate surface area is 165 Å². The van der Waals surface area contributed by atoms with Crippen molar-refractivity contribution in [1.82, 2.24) is 9.88 Å². The molecule has 7 nitrogen and oxygen atoms in total. The average molecular weight is 382 g/mol. The summed E-state index contributed by atoms with van der Waals surface area (Å²) in [5, 5.41) is 3.32. The van der Waals surface area contributed by atoms with Crippen molar-refractivity contribution in [1.29, 1.82) is 0 Å². The molecule has 1 spiro atoms. The normalized spacial score (nSPS) is 18.3. The van der Waals surface area contributed by atoms with Crippen LogP contribution in [0.4, 0.5) is 17.1 Å². The molecule has 0 atom stereocenters. The summed E-state index contributed by atoms with van der Waals surface area (Å²) in [7, 11) is 4.02. The summed E-state index contributed by atoms with van der Waals surface area (Å²) in [6.45, 7) is 2.53. The highest BCUT2D eigenvalue weighted by Crippen LogP contribution is 2.32. The molecule has 1 aromatic heterocycles. The first-order chi connectivity index (χ1) is 13.5. The minimum atomic E-state index is -0.475. The predicted molar refractivity (Wildman–Crippen MR) is 108 cm³/mol. The van der Waals surface area contributed by atoms with Gasteiger partial charge in [0.25, 0.3) is 5.91 Å². The number of rotatable bonds is 4. The molecule has 7 heteroatoms. The zero-order valence-corrected chi connectivity index (χ0v) is 16.4. The van der Waals surface area contributed by atoms with E-state index in [9.17, 15) is 4.79 Å². The third kappa shape index (κ3) is 3.95. The average Bonchev–Trinajstić information content (AvgIpc) is 3.16. The summed E-state index contributed by atoms with van der Waals surface area (Å²) in [6, 6.07) is 9.95. The maximum Gasteiger partial charge on any atom is 0.255 e. The molecule has 2 aliphatic heterocycles. The first kappa shape index (κ1) is 18.7. The van der Waals surface area contributed by atoms with Crippen molar-refractivity contribution in [3.05, 3.63) is 48.3 Å². The first-order valence-corrected chi connectivity index (χ1v) is 9.61. The smallest absolute Gasteiger partial charge is 0.255 e. The number of ether oxygens (including phenoxy) is 2. The Balaban J connectivity index is 1.41. The second kappa shape index (κ2) is 7.77. The van der Waals surface area contributed by atoms with Crippen LogP contribution in [0.5, 0.6) is 0 Å². The largest absolute Gasteiger partial charge is 0.378 e. The van der Waals surface area contributed by atoms with Gasteiger partial charge < -0.3 is 24.6 Å². The highest BCUT2D eigenvalue weighted by Gasteiger charge is 2.40. The molecule has 0 radical (unpaired) electrons. The summed E-state index contributed by atoms with van der Waals surface area (Å²) < 4.78 is 11.5. The number of nitrogens with zero attached hydrogens (tertiary/aromatic N) is 3. The lowest BCUT2D eigenvalue weighted by atomic mass is 10.0. The fourth-order valence-corrected chi connectivity index (χ4v) is 3.65. The molecule has 28 heavy (non-hydrogen) atoms. The lowest BCUT2D eigenvalue weighted by molar-refractivity contribution is -0.181. The molecule has 1 aromatic carbocycles. The van der Waals surface area contributed by atoms with Crippen molar-refractivity contribution < 1.29 is 14.3 Å². The molecule has 2 aliphatic rings. The number of aromatic nitrogens is 1. The van der Waals surface area contributed by atoms with Gasteiger partial charge in [0.1, 0.15) is 0 Å². The van der Waals surface area contributed by atoms with Crippen molar-refractivity contribution >= 4 is 23.0 Å². The maximum atomic E-state index is 12.9. The fourth-order valence-electron chi connectivity index (χ4n) is 3.65. The number of hydrogen-bond acceptors (Lipinski definition) is 6. The molecular formula is C21H26N4O3. The predicted octanol–water partition coefficient (Wildman–Crippen LogP) is 2.87. The minimum absolute atomic E-state index is 0.00745. The quantitative estimate of drug-likeness (QED) is 0.877. The van der Waals surface area contributed by atoms with E-state index in [0.717, 1.165) is 17.1 Å². The molecule has 2 saturated heterocycles. The minimum Gasteiger partial charge on any atom is -0.378 e. The van der Waals surface area contributed by atoms with Crippen molar-refractivity contribution in [3.8, 4) is 0 Å². The van der Waals surface area contributed by atoms with E-state index in [0.29, 0.717) is 44.7 Å². The van der Waals surface area contributed by atoms with E-state index in [1.165, 1.54) is 0 Å². The van der Waals surface area contributed by atoms with Crippen molar-refractivity contribution in [3.63, 3.8) is 0 Å². The third-order valence-electron chi connectivity index (χ3n) is 5.28. The molecule has 148 valence electrons. The van der Waals surface area contributed by atoms with Crippen LogP contribution in [-0.2, 0) is 9.47 Å². The molecule has 0 saturated carbocycles. The van der Waals surface area contributed by atoms with Gasteiger partial charge in [-0.15, -0.1) is 0 Å². The van der Waals surface area contributed by atoms with Gasteiger partial charge in [0.15, 0.2) is 5.79 Å². The molecule has 0 unspecified atom stereocenters. The number of benzene rings is 1. The summed E-state index contributed by atoms with van der Waals surface area (Å²) in [4.78, 5) is 21.0. The lowest BCUT2D eigenvalue weighted by Gasteiger charge is -2.37. The van der Waals surface area contributed by atoms with Gasteiger partial charge in [-0.05, 0) is 30.3 Å². The zero-order valence-electron chi connectivity index (χ0n) is 16.4. The summed E-state index contributed by atoms with van der Waals surface area (Å²) in [6.07, 6.45) is 4.77. The van der Waals surface area contributed by atoms with E-state index in [1.807, 2.05) is 49.3 Å². The number of anilines is 3. The van der Waals surface area contributed by atoms with Gasteiger partial charge in [0.2, 0.25) is 0 Å². The molecule has 2 aromatic rings. The van der Waals surface area contributed by atoms with Crippen molar-refractivity contribution in [2.75, 3.05) is 50.6 Å². The highest BCUT2D eigenvalue weighted by atomic mass is 16.7. The van der Waals surface area contributed by atoms with Crippen LogP contribution >= 0.6 is 0 Å².